The Bertz CT molecular complexity index is 1150. The van der Waals surface area contributed by atoms with Gasteiger partial charge >= 0.3 is 0 Å². The molecule has 4 heterocycles. The number of para-hydroxylation sites is 1. The molecule has 4 nitrogen and oxygen atoms in total. The molecule has 136 valence electrons. The van der Waals surface area contributed by atoms with Gasteiger partial charge in [0.05, 0.1) is 23.2 Å². The Kier molecular flexibility index (Phi) is 3.49. The highest BCUT2D eigenvalue weighted by molar-refractivity contribution is 6.20. The molecule has 4 heteroatoms. The van der Waals surface area contributed by atoms with Gasteiger partial charge in [0.2, 0.25) is 0 Å². The van der Waals surface area contributed by atoms with Crippen LogP contribution >= 0.6 is 0 Å². The van der Waals surface area contributed by atoms with Gasteiger partial charge in [-0.15, -0.1) is 0 Å². The number of aromatic nitrogens is 2. The lowest BCUT2D eigenvalue weighted by Crippen LogP contribution is -2.36. The lowest BCUT2D eigenvalue weighted by molar-refractivity contribution is 0.177. The minimum Gasteiger partial charge on any atom is -0.326 e. The molecule has 0 atom stereocenters. The van der Waals surface area contributed by atoms with Gasteiger partial charge in [-0.25, -0.2) is 0 Å². The van der Waals surface area contributed by atoms with Gasteiger partial charge in [0.15, 0.2) is 0 Å². The standard InChI is InChI=1S/C23H24N4/c1-2-12-25(11-1)13-14-26-15-17-5-3-6-19-22-18-7-4-10-24-20(18)8-9-21(22)27(16-26)23(17)19/h3-10H,1-2,11-16H2. The molecule has 27 heavy (non-hydrogen) atoms. The summed E-state index contributed by atoms with van der Waals surface area (Å²) in [5.41, 5.74) is 5.29. The van der Waals surface area contributed by atoms with Crippen LogP contribution in [0.25, 0.3) is 32.7 Å². The fraction of sp³-hybridized carbons (Fsp3) is 0.348. The van der Waals surface area contributed by atoms with Gasteiger partial charge in [-0.1, -0.05) is 24.3 Å². The highest BCUT2D eigenvalue weighted by Crippen LogP contribution is 2.38. The van der Waals surface area contributed by atoms with Crippen molar-refractivity contribution in [3.8, 4) is 0 Å². The summed E-state index contributed by atoms with van der Waals surface area (Å²) >= 11 is 0. The monoisotopic (exact) mass is 356 g/mol. The van der Waals surface area contributed by atoms with Crippen molar-refractivity contribution in [1.29, 1.82) is 0 Å². The zero-order valence-corrected chi connectivity index (χ0v) is 15.6. The SMILES string of the molecule is c1cnc2ccc3c(c2c1)c1cccc2c1n3CN(CCN1CCCC1)C2. The third-order valence-corrected chi connectivity index (χ3v) is 6.38. The Morgan fingerprint density at radius 3 is 2.63 bits per heavy atom. The molecular weight excluding hydrogens is 332 g/mol. The van der Waals surface area contributed by atoms with Crippen molar-refractivity contribution in [2.24, 2.45) is 0 Å². The molecule has 0 spiro atoms. The van der Waals surface area contributed by atoms with Gasteiger partial charge in [-0.2, -0.15) is 0 Å². The van der Waals surface area contributed by atoms with Gasteiger partial charge in [-0.05, 0) is 49.7 Å². The first-order chi connectivity index (χ1) is 13.4. The van der Waals surface area contributed by atoms with Gasteiger partial charge in [0.1, 0.15) is 0 Å². The van der Waals surface area contributed by atoms with Crippen LogP contribution in [0, 0.1) is 0 Å². The topological polar surface area (TPSA) is 24.3 Å². The molecule has 1 fully saturated rings. The van der Waals surface area contributed by atoms with E-state index in [1.54, 1.807) is 0 Å². The van der Waals surface area contributed by atoms with Gasteiger partial charge < -0.3 is 9.47 Å². The highest BCUT2D eigenvalue weighted by atomic mass is 15.3. The quantitative estimate of drug-likeness (QED) is 0.549. The fourth-order valence-corrected chi connectivity index (χ4v) is 5.09. The molecule has 2 aliphatic rings. The molecule has 4 aromatic rings. The Morgan fingerprint density at radius 2 is 1.70 bits per heavy atom. The van der Waals surface area contributed by atoms with E-state index in [9.17, 15) is 0 Å². The highest BCUT2D eigenvalue weighted by Gasteiger charge is 2.23. The Morgan fingerprint density at radius 1 is 0.852 bits per heavy atom. The van der Waals surface area contributed by atoms with Crippen LogP contribution in [0.1, 0.15) is 18.4 Å². The van der Waals surface area contributed by atoms with Crippen LogP contribution in [0.5, 0.6) is 0 Å². The second-order valence-electron chi connectivity index (χ2n) is 8.01. The first-order valence-electron chi connectivity index (χ1n) is 10.1. The summed E-state index contributed by atoms with van der Waals surface area (Å²) in [7, 11) is 0. The van der Waals surface area contributed by atoms with E-state index < -0.39 is 0 Å². The maximum atomic E-state index is 4.57. The minimum absolute atomic E-state index is 0.983. The van der Waals surface area contributed by atoms with E-state index in [-0.39, 0.29) is 0 Å². The summed E-state index contributed by atoms with van der Waals surface area (Å²) in [6, 6.07) is 15.5. The van der Waals surface area contributed by atoms with E-state index >= 15 is 0 Å². The van der Waals surface area contributed by atoms with Crippen molar-refractivity contribution in [2.75, 3.05) is 26.2 Å². The summed E-state index contributed by atoms with van der Waals surface area (Å²) in [6.07, 6.45) is 4.62. The largest absolute Gasteiger partial charge is 0.326 e. The molecule has 0 aliphatic carbocycles. The molecule has 6 rings (SSSR count). The summed E-state index contributed by atoms with van der Waals surface area (Å²) in [5.74, 6) is 0. The van der Waals surface area contributed by atoms with Crippen molar-refractivity contribution in [1.82, 2.24) is 19.4 Å². The molecule has 0 amide bonds. The predicted octanol–water partition coefficient (Wildman–Crippen LogP) is 4.21. The average Bonchev–Trinajstić information content (AvgIpc) is 3.34. The van der Waals surface area contributed by atoms with E-state index in [2.05, 4.69) is 61.8 Å². The van der Waals surface area contributed by atoms with E-state index in [4.69, 9.17) is 0 Å². The Balaban J connectivity index is 1.47. The molecule has 0 unspecified atom stereocenters. The van der Waals surface area contributed by atoms with Crippen molar-refractivity contribution in [2.45, 2.75) is 26.1 Å². The van der Waals surface area contributed by atoms with Crippen LogP contribution in [0.2, 0.25) is 0 Å². The first-order valence-corrected chi connectivity index (χ1v) is 10.1. The number of fused-ring (bicyclic) bond motifs is 5. The zero-order chi connectivity index (χ0) is 17.8. The maximum Gasteiger partial charge on any atom is 0.0760 e. The van der Waals surface area contributed by atoms with E-state index in [1.165, 1.54) is 65.2 Å². The van der Waals surface area contributed by atoms with Gasteiger partial charge in [0, 0.05) is 42.0 Å². The van der Waals surface area contributed by atoms with E-state index in [1.807, 2.05) is 6.20 Å². The molecule has 0 radical (unpaired) electrons. The molecular formula is C23H24N4. The second kappa shape index (κ2) is 6.04. The summed E-state index contributed by atoms with van der Waals surface area (Å²) in [5, 5.41) is 4.00. The number of nitrogens with zero attached hydrogens (tertiary/aromatic N) is 4. The van der Waals surface area contributed by atoms with Crippen LogP contribution < -0.4 is 0 Å². The molecule has 0 bridgehead atoms. The van der Waals surface area contributed by atoms with Crippen molar-refractivity contribution in [3.63, 3.8) is 0 Å². The van der Waals surface area contributed by atoms with Crippen LogP contribution in [-0.4, -0.2) is 45.5 Å². The number of hydrogen-bond donors (Lipinski definition) is 0. The fourth-order valence-electron chi connectivity index (χ4n) is 5.09. The molecule has 0 saturated carbocycles. The summed E-state index contributed by atoms with van der Waals surface area (Å²) in [4.78, 5) is 9.79. The molecule has 2 aliphatic heterocycles. The van der Waals surface area contributed by atoms with Crippen molar-refractivity contribution in [3.05, 3.63) is 54.2 Å². The molecule has 2 aromatic carbocycles. The third kappa shape index (κ3) is 2.40. The lowest BCUT2D eigenvalue weighted by atomic mass is 10.0. The van der Waals surface area contributed by atoms with Crippen molar-refractivity contribution >= 4 is 32.7 Å². The second-order valence-corrected chi connectivity index (χ2v) is 8.01. The normalized spacial score (nSPS) is 18.2. The number of benzene rings is 2. The molecule has 1 saturated heterocycles. The van der Waals surface area contributed by atoms with Gasteiger partial charge in [0.25, 0.3) is 0 Å². The molecule has 2 aromatic heterocycles. The van der Waals surface area contributed by atoms with E-state index in [0.717, 1.165) is 25.3 Å². The van der Waals surface area contributed by atoms with E-state index in [0.29, 0.717) is 0 Å². The average molecular weight is 356 g/mol. The first kappa shape index (κ1) is 15.6. The van der Waals surface area contributed by atoms with Gasteiger partial charge in [-0.3, -0.25) is 9.88 Å². The van der Waals surface area contributed by atoms with Crippen LogP contribution in [0.15, 0.2) is 48.7 Å². The minimum atomic E-state index is 0.983. The lowest BCUT2D eigenvalue weighted by Gasteiger charge is -2.30. The van der Waals surface area contributed by atoms with Crippen LogP contribution in [0.4, 0.5) is 0 Å². The smallest absolute Gasteiger partial charge is 0.0760 e. The zero-order valence-electron chi connectivity index (χ0n) is 15.6. The number of rotatable bonds is 3. The van der Waals surface area contributed by atoms with Crippen LogP contribution in [-0.2, 0) is 13.2 Å². The predicted molar refractivity (Wildman–Crippen MR) is 111 cm³/mol. The summed E-state index contributed by atoms with van der Waals surface area (Å²) in [6.45, 7) is 6.93. The number of pyridine rings is 1. The van der Waals surface area contributed by atoms with Crippen LogP contribution in [0.3, 0.4) is 0 Å². The summed E-state index contributed by atoms with van der Waals surface area (Å²) < 4.78 is 2.53. The number of hydrogen-bond acceptors (Lipinski definition) is 3. The Labute approximate surface area is 159 Å². The van der Waals surface area contributed by atoms with Crippen molar-refractivity contribution < 1.29 is 0 Å². The molecule has 0 N–H and O–H groups in total. The number of likely N-dealkylation sites (tertiary alicyclic amines) is 1. The maximum absolute atomic E-state index is 4.57. The Hall–Kier alpha value is -2.43. The third-order valence-electron chi connectivity index (χ3n) is 6.38.